The van der Waals surface area contributed by atoms with Crippen LogP contribution < -0.4 is 4.74 Å². The van der Waals surface area contributed by atoms with Crippen LogP contribution in [-0.4, -0.2) is 36.7 Å². The summed E-state index contributed by atoms with van der Waals surface area (Å²) in [6.45, 7) is 2.26. The van der Waals surface area contributed by atoms with Gasteiger partial charge < -0.3 is 9.47 Å². The Kier molecular flexibility index (Phi) is 5.25. The van der Waals surface area contributed by atoms with Crippen LogP contribution in [-0.2, 0) is 4.74 Å². The number of rotatable bonds is 4. The molecule has 0 aliphatic carbocycles. The van der Waals surface area contributed by atoms with Crippen LogP contribution in [0.2, 0.25) is 0 Å². The van der Waals surface area contributed by atoms with Crippen LogP contribution >= 0.6 is 15.9 Å². The third-order valence-corrected chi connectivity index (χ3v) is 5.59. The van der Waals surface area contributed by atoms with E-state index < -0.39 is 11.6 Å². The first-order chi connectivity index (χ1) is 12.6. The zero-order valence-corrected chi connectivity index (χ0v) is 15.8. The van der Waals surface area contributed by atoms with Gasteiger partial charge in [0.15, 0.2) is 0 Å². The van der Waals surface area contributed by atoms with Crippen LogP contribution in [0, 0.1) is 11.6 Å². The standard InChI is InChI=1S/C20H20BrF2NO2/c21-13-1-5-16(6-2-13)26-17-10-24(11-17)15-4-8-20(25-12-15)18-9-14(22)3-7-19(18)23/h1-3,5-7,9,15,17,20H,4,8,10-12H2/t15-,20-/m0/s1. The summed E-state index contributed by atoms with van der Waals surface area (Å²) in [5, 5.41) is 0. The lowest BCUT2D eigenvalue weighted by atomic mass is 9.95. The van der Waals surface area contributed by atoms with Crippen LogP contribution in [0.15, 0.2) is 46.9 Å². The first-order valence-corrected chi connectivity index (χ1v) is 9.60. The van der Waals surface area contributed by atoms with Gasteiger partial charge in [-0.3, -0.25) is 4.90 Å². The number of hydrogen-bond donors (Lipinski definition) is 0. The highest BCUT2D eigenvalue weighted by Crippen LogP contribution is 2.33. The number of ether oxygens (including phenoxy) is 2. The van der Waals surface area contributed by atoms with E-state index in [2.05, 4.69) is 20.8 Å². The Morgan fingerprint density at radius 3 is 2.50 bits per heavy atom. The average Bonchev–Trinajstić information content (AvgIpc) is 2.62. The van der Waals surface area contributed by atoms with Gasteiger partial charge in [-0.1, -0.05) is 15.9 Å². The fourth-order valence-corrected chi connectivity index (χ4v) is 3.84. The van der Waals surface area contributed by atoms with E-state index in [0.717, 1.165) is 35.8 Å². The van der Waals surface area contributed by atoms with E-state index in [-0.39, 0.29) is 12.2 Å². The molecule has 0 bridgehead atoms. The van der Waals surface area contributed by atoms with Crippen LogP contribution in [0.25, 0.3) is 0 Å². The molecule has 0 unspecified atom stereocenters. The van der Waals surface area contributed by atoms with Crippen molar-refractivity contribution in [2.24, 2.45) is 0 Å². The first-order valence-electron chi connectivity index (χ1n) is 8.81. The maximum absolute atomic E-state index is 13.9. The Labute approximate surface area is 160 Å². The first kappa shape index (κ1) is 17.9. The van der Waals surface area contributed by atoms with E-state index in [1.165, 1.54) is 12.1 Å². The molecule has 0 aromatic heterocycles. The molecule has 0 amide bonds. The summed E-state index contributed by atoms with van der Waals surface area (Å²) in [7, 11) is 0. The van der Waals surface area contributed by atoms with Crippen molar-refractivity contribution in [1.82, 2.24) is 4.90 Å². The molecular formula is C20H20BrF2NO2. The van der Waals surface area contributed by atoms with E-state index in [9.17, 15) is 8.78 Å². The largest absolute Gasteiger partial charge is 0.488 e. The average molecular weight is 424 g/mol. The molecule has 138 valence electrons. The zero-order valence-electron chi connectivity index (χ0n) is 14.2. The topological polar surface area (TPSA) is 21.7 Å². The van der Waals surface area contributed by atoms with E-state index in [4.69, 9.17) is 9.47 Å². The molecule has 2 saturated heterocycles. The summed E-state index contributed by atoms with van der Waals surface area (Å²) in [5.74, 6) is 0.0453. The molecule has 0 N–H and O–H groups in total. The molecular weight excluding hydrogens is 404 g/mol. The van der Waals surface area contributed by atoms with Gasteiger partial charge in [-0.05, 0) is 55.3 Å². The van der Waals surface area contributed by atoms with Gasteiger partial charge in [-0.25, -0.2) is 8.78 Å². The van der Waals surface area contributed by atoms with E-state index >= 15 is 0 Å². The van der Waals surface area contributed by atoms with Crippen LogP contribution in [0.1, 0.15) is 24.5 Å². The second kappa shape index (κ2) is 7.62. The molecule has 2 aromatic carbocycles. The fraction of sp³-hybridized carbons (Fsp3) is 0.400. The maximum Gasteiger partial charge on any atom is 0.129 e. The van der Waals surface area contributed by atoms with Gasteiger partial charge in [0.05, 0.1) is 12.7 Å². The third-order valence-electron chi connectivity index (χ3n) is 5.07. The van der Waals surface area contributed by atoms with E-state index in [1.807, 2.05) is 24.3 Å². The second-order valence-corrected chi connectivity index (χ2v) is 7.78. The van der Waals surface area contributed by atoms with Gasteiger partial charge in [0.1, 0.15) is 23.5 Å². The summed E-state index contributed by atoms with van der Waals surface area (Å²) in [5.41, 5.74) is 0.323. The predicted octanol–water partition coefficient (Wildman–Crippen LogP) is 4.71. The van der Waals surface area contributed by atoms with Crippen molar-refractivity contribution in [3.63, 3.8) is 0 Å². The van der Waals surface area contributed by atoms with Crippen molar-refractivity contribution in [3.8, 4) is 5.75 Å². The number of halogens is 3. The Morgan fingerprint density at radius 1 is 1.04 bits per heavy atom. The van der Waals surface area contributed by atoms with Crippen LogP contribution in [0.5, 0.6) is 5.75 Å². The van der Waals surface area contributed by atoms with Crippen molar-refractivity contribution in [2.75, 3.05) is 19.7 Å². The van der Waals surface area contributed by atoms with Crippen molar-refractivity contribution in [1.29, 1.82) is 0 Å². The molecule has 0 spiro atoms. The molecule has 2 aromatic rings. The second-order valence-electron chi connectivity index (χ2n) is 6.87. The van der Waals surface area contributed by atoms with E-state index in [1.54, 1.807) is 0 Å². The lowest BCUT2D eigenvalue weighted by Crippen LogP contribution is -2.59. The minimum atomic E-state index is -0.428. The Morgan fingerprint density at radius 2 is 1.81 bits per heavy atom. The summed E-state index contributed by atoms with van der Waals surface area (Å²) in [6, 6.07) is 11.7. The van der Waals surface area contributed by atoms with Gasteiger partial charge >= 0.3 is 0 Å². The van der Waals surface area contributed by atoms with E-state index in [0.29, 0.717) is 24.6 Å². The molecule has 26 heavy (non-hydrogen) atoms. The number of nitrogens with zero attached hydrogens (tertiary/aromatic N) is 1. The quantitative estimate of drug-likeness (QED) is 0.710. The van der Waals surface area contributed by atoms with Crippen LogP contribution in [0.3, 0.4) is 0 Å². The monoisotopic (exact) mass is 423 g/mol. The van der Waals surface area contributed by atoms with Gasteiger partial charge in [0.25, 0.3) is 0 Å². The van der Waals surface area contributed by atoms with Gasteiger partial charge in [0.2, 0.25) is 0 Å². The number of benzene rings is 2. The van der Waals surface area contributed by atoms with Crippen LogP contribution in [0.4, 0.5) is 8.78 Å². The number of likely N-dealkylation sites (tertiary alicyclic amines) is 1. The van der Waals surface area contributed by atoms with Crippen molar-refractivity contribution >= 4 is 15.9 Å². The summed E-state index contributed by atoms with van der Waals surface area (Å²) < 4.78 is 40.1. The summed E-state index contributed by atoms with van der Waals surface area (Å²) in [6.07, 6.45) is 1.43. The Hall–Kier alpha value is -1.50. The molecule has 0 saturated carbocycles. The maximum atomic E-state index is 13.9. The molecule has 2 heterocycles. The SMILES string of the molecule is Fc1ccc(F)c([C@@H]2CC[C@H](N3CC(Oc4ccc(Br)cc4)C3)CO2)c1. The lowest BCUT2D eigenvalue weighted by Gasteiger charge is -2.46. The highest BCUT2D eigenvalue weighted by atomic mass is 79.9. The highest BCUT2D eigenvalue weighted by molar-refractivity contribution is 9.10. The summed E-state index contributed by atoms with van der Waals surface area (Å²) in [4.78, 5) is 2.33. The molecule has 3 nitrogen and oxygen atoms in total. The zero-order chi connectivity index (χ0) is 18.1. The minimum absolute atomic E-state index is 0.189. The molecule has 2 aliphatic rings. The smallest absolute Gasteiger partial charge is 0.129 e. The van der Waals surface area contributed by atoms with Crippen molar-refractivity contribution in [3.05, 3.63) is 64.1 Å². The fourth-order valence-electron chi connectivity index (χ4n) is 3.58. The van der Waals surface area contributed by atoms with Crippen molar-refractivity contribution in [2.45, 2.75) is 31.1 Å². The summed E-state index contributed by atoms with van der Waals surface area (Å²) >= 11 is 3.41. The Balaban J connectivity index is 1.26. The Bertz CT molecular complexity index is 757. The predicted molar refractivity (Wildman–Crippen MR) is 98.2 cm³/mol. The normalized spacial score (nSPS) is 24.3. The van der Waals surface area contributed by atoms with Gasteiger partial charge in [0, 0.05) is 29.2 Å². The third kappa shape index (κ3) is 3.92. The molecule has 2 fully saturated rings. The molecule has 4 rings (SSSR count). The molecule has 6 heteroatoms. The van der Waals surface area contributed by atoms with Gasteiger partial charge in [-0.2, -0.15) is 0 Å². The minimum Gasteiger partial charge on any atom is -0.488 e. The molecule has 2 atom stereocenters. The van der Waals surface area contributed by atoms with Crippen molar-refractivity contribution < 1.29 is 18.3 Å². The van der Waals surface area contributed by atoms with Gasteiger partial charge in [-0.15, -0.1) is 0 Å². The number of hydrogen-bond acceptors (Lipinski definition) is 3. The molecule has 2 aliphatic heterocycles. The highest BCUT2D eigenvalue weighted by Gasteiger charge is 2.36. The lowest BCUT2D eigenvalue weighted by molar-refractivity contribution is -0.0839. The molecule has 0 radical (unpaired) electrons.